The summed E-state index contributed by atoms with van der Waals surface area (Å²) in [6.07, 6.45) is 6.09. The third kappa shape index (κ3) is 2.26. The van der Waals surface area contributed by atoms with Crippen molar-refractivity contribution in [3.05, 3.63) is 24.5 Å². The van der Waals surface area contributed by atoms with Crippen LogP contribution in [0.2, 0.25) is 0 Å². The Hall–Kier alpha value is -1.58. The zero-order chi connectivity index (χ0) is 10.7. The van der Waals surface area contributed by atoms with Crippen molar-refractivity contribution in [1.29, 1.82) is 0 Å². The molecule has 0 radical (unpaired) electrons. The average molecular weight is 206 g/mol. The van der Waals surface area contributed by atoms with Crippen molar-refractivity contribution >= 4 is 11.7 Å². The van der Waals surface area contributed by atoms with Crippen LogP contribution in [0.5, 0.6) is 0 Å². The van der Waals surface area contributed by atoms with Crippen LogP contribution < -0.4 is 5.32 Å². The van der Waals surface area contributed by atoms with Crippen molar-refractivity contribution in [3.63, 3.8) is 0 Å². The summed E-state index contributed by atoms with van der Waals surface area (Å²) < 4.78 is 0. The summed E-state index contributed by atoms with van der Waals surface area (Å²) >= 11 is 0. The number of hydrogen-bond acceptors (Lipinski definition) is 3. The van der Waals surface area contributed by atoms with Gasteiger partial charge in [-0.15, -0.1) is 0 Å². The van der Waals surface area contributed by atoms with Gasteiger partial charge in [0.05, 0.1) is 5.92 Å². The molecule has 80 valence electrons. The van der Waals surface area contributed by atoms with Crippen molar-refractivity contribution in [2.24, 2.45) is 5.92 Å². The van der Waals surface area contributed by atoms with E-state index in [1.165, 1.54) is 0 Å². The van der Waals surface area contributed by atoms with Gasteiger partial charge in [0.2, 0.25) is 0 Å². The Morgan fingerprint density at radius 3 is 2.80 bits per heavy atom. The van der Waals surface area contributed by atoms with Gasteiger partial charge in [-0.3, -0.25) is 9.78 Å². The van der Waals surface area contributed by atoms with Gasteiger partial charge in [-0.25, -0.2) is 0 Å². The smallest absolute Gasteiger partial charge is 0.308 e. The van der Waals surface area contributed by atoms with Gasteiger partial charge < -0.3 is 10.4 Å². The first kappa shape index (κ1) is 9.96. The number of nitrogens with zero attached hydrogens (tertiary/aromatic N) is 1. The Kier molecular flexibility index (Phi) is 2.85. The van der Waals surface area contributed by atoms with Crippen LogP contribution >= 0.6 is 0 Å². The molecule has 2 N–H and O–H groups in total. The maximum atomic E-state index is 10.9. The van der Waals surface area contributed by atoms with Crippen LogP contribution in [0.25, 0.3) is 0 Å². The highest BCUT2D eigenvalue weighted by molar-refractivity contribution is 5.72. The number of pyridine rings is 1. The number of carbonyl (C=O) groups is 1. The minimum absolute atomic E-state index is 0.0601. The standard InChI is InChI=1S/C11H14N2O2/c14-11(15)9-2-1-3-10(9)13-8-4-6-12-7-5-8/h4-7,9-10H,1-3H2,(H,12,13)(H,14,15)/t9-,10+/m1/s1. The Morgan fingerprint density at radius 2 is 2.13 bits per heavy atom. The normalized spacial score (nSPS) is 25.1. The molecular weight excluding hydrogens is 192 g/mol. The van der Waals surface area contributed by atoms with Crippen LogP contribution in [-0.2, 0) is 4.79 Å². The quantitative estimate of drug-likeness (QED) is 0.790. The lowest BCUT2D eigenvalue weighted by Crippen LogP contribution is -2.29. The van der Waals surface area contributed by atoms with E-state index >= 15 is 0 Å². The number of carboxylic acids is 1. The molecule has 0 amide bonds. The van der Waals surface area contributed by atoms with Crippen molar-refractivity contribution in [2.75, 3.05) is 5.32 Å². The van der Waals surface area contributed by atoms with Gasteiger partial charge >= 0.3 is 5.97 Å². The number of anilines is 1. The number of carboxylic acid groups (broad SMARTS) is 1. The second-order valence-electron chi connectivity index (χ2n) is 3.86. The maximum absolute atomic E-state index is 10.9. The van der Waals surface area contributed by atoms with E-state index in [1.807, 2.05) is 12.1 Å². The number of nitrogens with one attached hydrogen (secondary N) is 1. The number of rotatable bonds is 3. The predicted octanol–water partition coefficient (Wildman–Crippen LogP) is 1.75. The van der Waals surface area contributed by atoms with Crippen LogP contribution in [0.3, 0.4) is 0 Å². The minimum Gasteiger partial charge on any atom is -0.481 e. The van der Waals surface area contributed by atoms with Crippen LogP contribution in [-0.4, -0.2) is 22.1 Å². The monoisotopic (exact) mass is 206 g/mol. The van der Waals surface area contributed by atoms with Crippen molar-refractivity contribution in [3.8, 4) is 0 Å². The summed E-state index contributed by atoms with van der Waals surface area (Å²) in [5, 5.41) is 12.3. The molecule has 1 aromatic heterocycles. The molecule has 1 aliphatic carbocycles. The van der Waals surface area contributed by atoms with Crippen LogP contribution in [0.15, 0.2) is 24.5 Å². The van der Waals surface area contributed by atoms with Gasteiger partial charge in [-0.2, -0.15) is 0 Å². The molecule has 4 heteroatoms. The van der Waals surface area contributed by atoms with Crippen LogP contribution in [0.4, 0.5) is 5.69 Å². The third-order valence-corrected chi connectivity index (χ3v) is 2.87. The van der Waals surface area contributed by atoms with E-state index in [0.717, 1.165) is 24.9 Å². The molecule has 4 nitrogen and oxygen atoms in total. The summed E-state index contributed by atoms with van der Waals surface area (Å²) in [4.78, 5) is 14.9. The zero-order valence-electron chi connectivity index (χ0n) is 8.39. The molecule has 1 saturated carbocycles. The van der Waals surface area contributed by atoms with E-state index in [0.29, 0.717) is 0 Å². The van der Waals surface area contributed by atoms with E-state index in [4.69, 9.17) is 5.11 Å². The van der Waals surface area contributed by atoms with E-state index < -0.39 is 5.97 Å². The molecule has 0 spiro atoms. The molecule has 0 saturated heterocycles. The molecule has 1 fully saturated rings. The Labute approximate surface area is 88.3 Å². The summed E-state index contributed by atoms with van der Waals surface area (Å²) in [6, 6.07) is 3.78. The molecule has 1 aromatic rings. The topological polar surface area (TPSA) is 62.2 Å². The summed E-state index contributed by atoms with van der Waals surface area (Å²) in [5.41, 5.74) is 0.947. The highest BCUT2D eigenvalue weighted by Crippen LogP contribution is 2.28. The fraction of sp³-hybridized carbons (Fsp3) is 0.455. The van der Waals surface area contributed by atoms with Crippen molar-refractivity contribution in [1.82, 2.24) is 4.98 Å². The van der Waals surface area contributed by atoms with Crippen LogP contribution in [0, 0.1) is 5.92 Å². The second kappa shape index (κ2) is 4.29. The molecule has 1 aliphatic rings. The highest BCUT2D eigenvalue weighted by atomic mass is 16.4. The first-order valence-corrected chi connectivity index (χ1v) is 5.17. The van der Waals surface area contributed by atoms with E-state index in [1.54, 1.807) is 12.4 Å². The molecular formula is C11H14N2O2. The van der Waals surface area contributed by atoms with Crippen molar-refractivity contribution in [2.45, 2.75) is 25.3 Å². The molecule has 0 aromatic carbocycles. The summed E-state index contributed by atoms with van der Waals surface area (Å²) in [7, 11) is 0. The van der Waals surface area contributed by atoms with Gasteiger partial charge in [-0.05, 0) is 25.0 Å². The third-order valence-electron chi connectivity index (χ3n) is 2.87. The average Bonchev–Trinajstić information content (AvgIpc) is 2.67. The predicted molar refractivity (Wildman–Crippen MR) is 56.6 cm³/mol. The number of aliphatic carboxylic acids is 1. The minimum atomic E-state index is -0.695. The van der Waals surface area contributed by atoms with Gasteiger partial charge in [0.25, 0.3) is 0 Å². The molecule has 2 atom stereocenters. The fourth-order valence-corrected chi connectivity index (χ4v) is 2.09. The van der Waals surface area contributed by atoms with Crippen molar-refractivity contribution < 1.29 is 9.90 Å². The molecule has 15 heavy (non-hydrogen) atoms. The SMILES string of the molecule is O=C(O)[C@@H]1CCC[C@@H]1Nc1ccncc1. The van der Waals surface area contributed by atoms with E-state index in [2.05, 4.69) is 10.3 Å². The highest BCUT2D eigenvalue weighted by Gasteiger charge is 2.32. The Balaban J connectivity index is 2.03. The lowest BCUT2D eigenvalue weighted by molar-refractivity contribution is -0.141. The summed E-state index contributed by atoms with van der Waals surface area (Å²) in [6.45, 7) is 0. The zero-order valence-corrected chi connectivity index (χ0v) is 8.39. The largest absolute Gasteiger partial charge is 0.481 e. The Bertz CT molecular complexity index is 340. The molecule has 0 aliphatic heterocycles. The first-order valence-electron chi connectivity index (χ1n) is 5.17. The fourth-order valence-electron chi connectivity index (χ4n) is 2.09. The van der Waals surface area contributed by atoms with E-state index in [-0.39, 0.29) is 12.0 Å². The first-order chi connectivity index (χ1) is 7.27. The molecule has 0 bridgehead atoms. The Morgan fingerprint density at radius 1 is 1.40 bits per heavy atom. The van der Waals surface area contributed by atoms with Gasteiger partial charge in [-0.1, -0.05) is 6.42 Å². The maximum Gasteiger partial charge on any atom is 0.308 e. The molecule has 1 heterocycles. The van der Waals surface area contributed by atoms with E-state index in [9.17, 15) is 4.79 Å². The van der Waals surface area contributed by atoms with Gasteiger partial charge in [0.1, 0.15) is 0 Å². The number of hydrogen-bond donors (Lipinski definition) is 2. The summed E-state index contributed by atoms with van der Waals surface area (Å²) in [5.74, 6) is -0.947. The lowest BCUT2D eigenvalue weighted by atomic mass is 10.0. The number of aromatic nitrogens is 1. The lowest BCUT2D eigenvalue weighted by Gasteiger charge is -2.18. The van der Waals surface area contributed by atoms with Gasteiger partial charge in [0.15, 0.2) is 0 Å². The van der Waals surface area contributed by atoms with Gasteiger partial charge in [0, 0.05) is 24.1 Å². The molecule has 0 unspecified atom stereocenters. The molecule has 2 rings (SSSR count). The van der Waals surface area contributed by atoms with Crippen LogP contribution in [0.1, 0.15) is 19.3 Å². The second-order valence-corrected chi connectivity index (χ2v) is 3.86.